The summed E-state index contributed by atoms with van der Waals surface area (Å²) in [6, 6.07) is 0.205. The molecule has 0 aromatic carbocycles. The minimum Gasteiger partial charge on any atom is -0.380 e. The zero-order valence-corrected chi connectivity index (χ0v) is 13.4. The van der Waals surface area contributed by atoms with Crippen molar-refractivity contribution in [2.45, 2.75) is 51.9 Å². The van der Waals surface area contributed by atoms with E-state index >= 15 is 0 Å². The molecule has 0 bridgehead atoms. The van der Waals surface area contributed by atoms with Crippen molar-refractivity contribution in [1.82, 2.24) is 9.78 Å². The van der Waals surface area contributed by atoms with E-state index in [1.54, 1.807) is 0 Å². The van der Waals surface area contributed by atoms with Gasteiger partial charge in [-0.05, 0) is 40.6 Å². The maximum atomic E-state index is 12.3. The zero-order chi connectivity index (χ0) is 15.8. The van der Waals surface area contributed by atoms with Gasteiger partial charge in [0, 0.05) is 6.04 Å². The molecule has 0 aliphatic heterocycles. The van der Waals surface area contributed by atoms with Crippen LogP contribution in [0.2, 0.25) is 0 Å². The number of alkyl halides is 3. The van der Waals surface area contributed by atoms with Crippen molar-refractivity contribution in [1.29, 1.82) is 0 Å². The second-order valence-electron chi connectivity index (χ2n) is 6.20. The average Bonchev–Trinajstić information content (AvgIpc) is 2.67. The second kappa shape index (κ2) is 5.62. The van der Waals surface area contributed by atoms with Gasteiger partial charge in [-0.15, -0.1) is 0 Å². The third-order valence-corrected chi connectivity index (χ3v) is 4.41. The van der Waals surface area contributed by atoms with E-state index in [0.717, 1.165) is 19.3 Å². The molecule has 1 N–H and O–H groups in total. The lowest BCUT2D eigenvalue weighted by Gasteiger charge is -2.19. The van der Waals surface area contributed by atoms with Gasteiger partial charge in [-0.25, -0.2) is 4.68 Å². The fraction of sp³-hybridized carbons (Fsp3) is 0.692. The highest BCUT2D eigenvalue weighted by molar-refractivity contribution is 9.10. The van der Waals surface area contributed by atoms with Gasteiger partial charge < -0.3 is 5.32 Å². The summed E-state index contributed by atoms with van der Waals surface area (Å²) in [5.74, 6) is 0. The van der Waals surface area contributed by atoms with Crippen LogP contribution in [0, 0.1) is 5.41 Å². The molecular formula is C13H17BrF3N3O. The van der Waals surface area contributed by atoms with Crippen LogP contribution in [0.3, 0.4) is 0 Å². The minimum absolute atomic E-state index is 0.0893. The first-order valence-electron chi connectivity index (χ1n) is 6.66. The maximum Gasteiger partial charge on any atom is 0.408 e. The Bertz CT molecular complexity index is 583. The molecule has 1 aromatic heterocycles. The number of hydrogen-bond donors (Lipinski definition) is 1. The molecule has 8 heteroatoms. The van der Waals surface area contributed by atoms with Crippen molar-refractivity contribution in [3.8, 4) is 0 Å². The minimum atomic E-state index is -4.47. The molecule has 2 rings (SSSR count). The van der Waals surface area contributed by atoms with Crippen molar-refractivity contribution in [3.63, 3.8) is 0 Å². The van der Waals surface area contributed by atoms with Crippen molar-refractivity contribution in [2.75, 3.05) is 5.32 Å². The molecule has 0 amide bonds. The Morgan fingerprint density at radius 1 is 1.52 bits per heavy atom. The van der Waals surface area contributed by atoms with E-state index in [-0.39, 0.29) is 15.9 Å². The first-order valence-corrected chi connectivity index (χ1v) is 7.46. The molecule has 0 spiro atoms. The molecule has 0 saturated heterocycles. The standard InChI is InChI=1S/C13H17BrF3N3O/c1-12(2)4-3-8(5-12)19-9-6-18-20(7-13(15,16)17)11(21)10(9)14/h6,8,19H,3-5,7H2,1-2H3. The van der Waals surface area contributed by atoms with Crippen molar-refractivity contribution >= 4 is 21.6 Å². The third-order valence-electron chi connectivity index (χ3n) is 3.64. The topological polar surface area (TPSA) is 46.9 Å². The molecule has 1 heterocycles. The quantitative estimate of drug-likeness (QED) is 0.888. The van der Waals surface area contributed by atoms with Crippen LogP contribution >= 0.6 is 15.9 Å². The summed E-state index contributed by atoms with van der Waals surface area (Å²) in [6.07, 6.45) is -0.222. The summed E-state index contributed by atoms with van der Waals surface area (Å²) in [4.78, 5) is 11.9. The van der Waals surface area contributed by atoms with Crippen molar-refractivity contribution in [2.24, 2.45) is 5.41 Å². The van der Waals surface area contributed by atoms with Gasteiger partial charge in [0.1, 0.15) is 11.0 Å². The van der Waals surface area contributed by atoms with Crippen molar-refractivity contribution in [3.05, 3.63) is 21.0 Å². The number of hydrogen-bond acceptors (Lipinski definition) is 3. The van der Waals surface area contributed by atoms with E-state index in [2.05, 4.69) is 40.2 Å². The van der Waals surface area contributed by atoms with E-state index in [9.17, 15) is 18.0 Å². The smallest absolute Gasteiger partial charge is 0.380 e. The Labute approximate surface area is 128 Å². The normalized spacial score (nSPS) is 21.5. The fourth-order valence-electron chi connectivity index (χ4n) is 2.63. The first kappa shape index (κ1) is 16.3. The Morgan fingerprint density at radius 2 is 2.19 bits per heavy atom. The van der Waals surface area contributed by atoms with Gasteiger partial charge in [0.25, 0.3) is 5.56 Å². The van der Waals surface area contributed by atoms with Gasteiger partial charge >= 0.3 is 6.18 Å². The summed E-state index contributed by atoms with van der Waals surface area (Å²) in [7, 11) is 0. The van der Waals surface area contributed by atoms with Crippen LogP contribution < -0.4 is 10.9 Å². The Hall–Kier alpha value is -1.05. The van der Waals surface area contributed by atoms with Crippen LogP contribution in [0.25, 0.3) is 0 Å². The van der Waals surface area contributed by atoms with E-state index in [1.807, 2.05) is 0 Å². The van der Waals surface area contributed by atoms with Crippen LogP contribution in [-0.2, 0) is 6.54 Å². The highest BCUT2D eigenvalue weighted by Crippen LogP contribution is 2.38. The Morgan fingerprint density at radius 3 is 2.71 bits per heavy atom. The molecule has 1 aliphatic carbocycles. The van der Waals surface area contributed by atoms with Gasteiger partial charge in [-0.3, -0.25) is 4.79 Å². The van der Waals surface area contributed by atoms with Crippen LogP contribution in [0.5, 0.6) is 0 Å². The molecular weight excluding hydrogens is 351 g/mol. The fourth-order valence-corrected chi connectivity index (χ4v) is 3.05. The number of aromatic nitrogens is 2. The predicted molar refractivity (Wildman–Crippen MR) is 77.3 cm³/mol. The lowest BCUT2D eigenvalue weighted by atomic mass is 9.92. The number of nitrogens with one attached hydrogen (secondary N) is 1. The van der Waals surface area contributed by atoms with Gasteiger partial charge in [-0.2, -0.15) is 18.3 Å². The molecule has 1 aromatic rings. The molecule has 1 atom stereocenters. The van der Waals surface area contributed by atoms with Crippen LogP contribution in [0.1, 0.15) is 33.1 Å². The van der Waals surface area contributed by atoms with Gasteiger partial charge in [0.15, 0.2) is 0 Å². The van der Waals surface area contributed by atoms with Gasteiger partial charge in [-0.1, -0.05) is 13.8 Å². The summed E-state index contributed by atoms with van der Waals surface area (Å²) in [5, 5.41) is 6.79. The maximum absolute atomic E-state index is 12.3. The van der Waals surface area contributed by atoms with E-state index in [4.69, 9.17) is 0 Å². The largest absolute Gasteiger partial charge is 0.408 e. The SMILES string of the molecule is CC1(C)CCC(Nc2cnn(CC(F)(F)F)c(=O)c2Br)C1. The Balaban J connectivity index is 2.16. The summed E-state index contributed by atoms with van der Waals surface area (Å²) in [5.41, 5.74) is -0.0984. The van der Waals surface area contributed by atoms with Crippen molar-refractivity contribution < 1.29 is 13.2 Å². The average molecular weight is 368 g/mol. The number of halogens is 4. The monoisotopic (exact) mass is 367 g/mol. The van der Waals surface area contributed by atoms with E-state index < -0.39 is 18.3 Å². The lowest BCUT2D eigenvalue weighted by molar-refractivity contribution is -0.143. The number of nitrogens with zero attached hydrogens (tertiary/aromatic N) is 2. The number of rotatable bonds is 3. The lowest BCUT2D eigenvalue weighted by Crippen LogP contribution is -2.31. The Kier molecular flexibility index (Phi) is 4.37. The molecule has 118 valence electrons. The van der Waals surface area contributed by atoms with Gasteiger partial charge in [0.2, 0.25) is 0 Å². The molecule has 1 fully saturated rings. The molecule has 1 aliphatic rings. The van der Waals surface area contributed by atoms with Gasteiger partial charge in [0.05, 0.1) is 11.9 Å². The third kappa shape index (κ3) is 4.21. The second-order valence-corrected chi connectivity index (χ2v) is 6.99. The van der Waals surface area contributed by atoms with Crippen LogP contribution in [-0.4, -0.2) is 22.0 Å². The van der Waals surface area contributed by atoms with E-state index in [0.29, 0.717) is 10.4 Å². The predicted octanol–water partition coefficient (Wildman–Crippen LogP) is 3.56. The molecule has 4 nitrogen and oxygen atoms in total. The summed E-state index contributed by atoms with van der Waals surface area (Å²) < 4.78 is 37.5. The van der Waals surface area contributed by atoms with Crippen LogP contribution in [0.4, 0.5) is 18.9 Å². The summed E-state index contributed by atoms with van der Waals surface area (Å²) >= 11 is 3.07. The first-order chi connectivity index (χ1) is 9.57. The highest BCUT2D eigenvalue weighted by Gasteiger charge is 2.32. The molecule has 0 radical (unpaired) electrons. The zero-order valence-electron chi connectivity index (χ0n) is 11.8. The highest BCUT2D eigenvalue weighted by atomic mass is 79.9. The number of anilines is 1. The van der Waals surface area contributed by atoms with E-state index in [1.165, 1.54) is 6.20 Å². The summed E-state index contributed by atoms with van der Waals surface area (Å²) in [6.45, 7) is 2.95. The molecule has 1 saturated carbocycles. The van der Waals surface area contributed by atoms with Crippen LogP contribution in [0.15, 0.2) is 15.5 Å². The molecule has 1 unspecified atom stereocenters. The molecule has 21 heavy (non-hydrogen) atoms.